The summed E-state index contributed by atoms with van der Waals surface area (Å²) in [6.45, 7) is 3.34. The summed E-state index contributed by atoms with van der Waals surface area (Å²) in [7, 11) is 4.04. The molecular weight excluding hydrogens is 150 g/mol. The molecule has 0 radical (unpaired) electrons. The monoisotopic (exact) mass is 171 g/mol. The highest BCUT2D eigenvalue weighted by Crippen LogP contribution is 2.24. The van der Waals surface area contributed by atoms with E-state index in [1.165, 1.54) is 25.7 Å². The zero-order valence-electron chi connectivity index (χ0n) is 8.55. The number of hydrogen-bond acceptors (Lipinski definition) is 2. The van der Waals surface area contributed by atoms with Gasteiger partial charge in [0.05, 0.1) is 6.10 Å². The van der Waals surface area contributed by atoms with Crippen LogP contribution in [0.5, 0.6) is 0 Å². The third kappa shape index (κ3) is 2.20. The molecule has 2 atom stereocenters. The molecule has 1 fully saturated rings. The molecule has 12 heavy (non-hydrogen) atoms. The van der Waals surface area contributed by atoms with E-state index < -0.39 is 0 Å². The number of rotatable bonds is 3. The van der Waals surface area contributed by atoms with Crippen molar-refractivity contribution in [1.82, 2.24) is 4.90 Å². The van der Waals surface area contributed by atoms with Gasteiger partial charge in [-0.25, -0.2) is 0 Å². The van der Waals surface area contributed by atoms with Gasteiger partial charge in [-0.3, -0.25) is 0 Å². The molecule has 0 heterocycles. The molecule has 1 rings (SSSR count). The van der Waals surface area contributed by atoms with Crippen LogP contribution >= 0.6 is 0 Å². The van der Waals surface area contributed by atoms with Gasteiger partial charge >= 0.3 is 0 Å². The first-order chi connectivity index (χ1) is 5.79. The highest BCUT2D eigenvalue weighted by molar-refractivity contribution is 4.81. The lowest BCUT2D eigenvalue weighted by Gasteiger charge is -2.36. The standard InChI is InChI=1S/C10H21NO/c1-4-11(2)9-7-5-6-8-10(9)12-3/h9-10H,4-8H2,1-3H3/t9-,10+/m1/s1. The number of likely N-dealkylation sites (N-methyl/N-ethyl adjacent to an activating group) is 1. The second-order valence-electron chi connectivity index (χ2n) is 3.70. The molecular formula is C10H21NO. The third-order valence-corrected chi connectivity index (χ3v) is 3.04. The number of hydrogen-bond donors (Lipinski definition) is 0. The predicted octanol–water partition coefficient (Wildman–Crippen LogP) is 1.90. The van der Waals surface area contributed by atoms with Gasteiger partial charge in [-0.1, -0.05) is 19.8 Å². The van der Waals surface area contributed by atoms with Crippen molar-refractivity contribution < 1.29 is 4.74 Å². The average Bonchev–Trinajstić information content (AvgIpc) is 2.16. The van der Waals surface area contributed by atoms with Crippen molar-refractivity contribution in [3.05, 3.63) is 0 Å². The quantitative estimate of drug-likeness (QED) is 0.643. The van der Waals surface area contributed by atoms with E-state index in [2.05, 4.69) is 18.9 Å². The van der Waals surface area contributed by atoms with E-state index >= 15 is 0 Å². The van der Waals surface area contributed by atoms with Gasteiger partial charge in [0.25, 0.3) is 0 Å². The van der Waals surface area contributed by atoms with Crippen molar-refractivity contribution in [3.63, 3.8) is 0 Å². The highest BCUT2D eigenvalue weighted by atomic mass is 16.5. The second-order valence-corrected chi connectivity index (χ2v) is 3.70. The van der Waals surface area contributed by atoms with Gasteiger partial charge in [-0.2, -0.15) is 0 Å². The maximum absolute atomic E-state index is 5.49. The Morgan fingerprint density at radius 3 is 2.58 bits per heavy atom. The normalized spacial score (nSPS) is 31.0. The van der Waals surface area contributed by atoms with Crippen LogP contribution in [0.3, 0.4) is 0 Å². The van der Waals surface area contributed by atoms with Crippen molar-refractivity contribution in [1.29, 1.82) is 0 Å². The van der Waals surface area contributed by atoms with Gasteiger partial charge in [-0.05, 0) is 26.4 Å². The molecule has 1 saturated carbocycles. The van der Waals surface area contributed by atoms with Crippen LogP contribution in [-0.2, 0) is 4.74 Å². The SMILES string of the molecule is CCN(C)[C@@H]1CCCC[C@@H]1OC. The smallest absolute Gasteiger partial charge is 0.0726 e. The van der Waals surface area contributed by atoms with Crippen LogP contribution in [-0.4, -0.2) is 37.7 Å². The summed E-state index contributed by atoms with van der Waals surface area (Å²) in [4.78, 5) is 2.41. The number of nitrogens with zero attached hydrogens (tertiary/aromatic N) is 1. The molecule has 0 amide bonds. The van der Waals surface area contributed by atoms with Crippen LogP contribution in [0.1, 0.15) is 32.6 Å². The summed E-state index contributed by atoms with van der Waals surface area (Å²) in [6, 6.07) is 0.661. The van der Waals surface area contributed by atoms with Crippen LogP contribution in [0, 0.1) is 0 Å². The van der Waals surface area contributed by atoms with Crippen molar-refractivity contribution in [2.75, 3.05) is 20.7 Å². The largest absolute Gasteiger partial charge is 0.380 e. The Morgan fingerprint density at radius 2 is 2.00 bits per heavy atom. The molecule has 0 bridgehead atoms. The Hall–Kier alpha value is -0.0800. The maximum atomic E-state index is 5.49. The Bertz CT molecular complexity index is 127. The van der Waals surface area contributed by atoms with E-state index in [1.807, 2.05) is 7.11 Å². The highest BCUT2D eigenvalue weighted by Gasteiger charge is 2.26. The molecule has 0 aromatic heterocycles. The van der Waals surface area contributed by atoms with Gasteiger partial charge in [0.15, 0.2) is 0 Å². The van der Waals surface area contributed by atoms with Crippen LogP contribution in [0.15, 0.2) is 0 Å². The zero-order valence-corrected chi connectivity index (χ0v) is 8.55. The van der Waals surface area contributed by atoms with Crippen LogP contribution in [0.2, 0.25) is 0 Å². The Labute approximate surface area is 75.9 Å². The minimum atomic E-state index is 0.476. The maximum Gasteiger partial charge on any atom is 0.0726 e. The molecule has 0 aromatic rings. The summed E-state index contributed by atoms with van der Waals surface area (Å²) < 4.78 is 5.49. The van der Waals surface area contributed by atoms with Gasteiger partial charge in [-0.15, -0.1) is 0 Å². The van der Waals surface area contributed by atoms with Gasteiger partial charge < -0.3 is 9.64 Å². The summed E-state index contributed by atoms with van der Waals surface area (Å²) in [5, 5.41) is 0. The first-order valence-corrected chi connectivity index (χ1v) is 5.02. The Balaban J connectivity index is 2.46. The lowest BCUT2D eigenvalue weighted by Crippen LogP contribution is -2.44. The van der Waals surface area contributed by atoms with E-state index in [1.54, 1.807) is 0 Å². The van der Waals surface area contributed by atoms with E-state index in [-0.39, 0.29) is 0 Å². The number of methoxy groups -OCH3 is 1. The van der Waals surface area contributed by atoms with Crippen molar-refractivity contribution in [2.45, 2.75) is 44.8 Å². The van der Waals surface area contributed by atoms with Crippen molar-refractivity contribution in [3.8, 4) is 0 Å². The first-order valence-electron chi connectivity index (χ1n) is 5.02. The summed E-state index contributed by atoms with van der Waals surface area (Å²) >= 11 is 0. The van der Waals surface area contributed by atoms with Crippen LogP contribution in [0.25, 0.3) is 0 Å². The molecule has 2 nitrogen and oxygen atoms in total. The molecule has 0 aliphatic heterocycles. The lowest BCUT2D eigenvalue weighted by atomic mass is 9.91. The molecule has 0 saturated heterocycles. The Kier molecular flexibility index (Phi) is 4.02. The molecule has 2 heteroatoms. The predicted molar refractivity (Wildman–Crippen MR) is 51.4 cm³/mol. The van der Waals surface area contributed by atoms with E-state index in [0.29, 0.717) is 12.1 Å². The van der Waals surface area contributed by atoms with E-state index in [0.717, 1.165) is 6.54 Å². The van der Waals surface area contributed by atoms with E-state index in [9.17, 15) is 0 Å². The molecule has 0 aromatic carbocycles. The second kappa shape index (κ2) is 4.83. The Morgan fingerprint density at radius 1 is 1.33 bits per heavy atom. The molecule has 1 aliphatic rings. The minimum Gasteiger partial charge on any atom is -0.380 e. The fraction of sp³-hybridized carbons (Fsp3) is 1.00. The zero-order chi connectivity index (χ0) is 8.97. The summed E-state index contributed by atoms with van der Waals surface area (Å²) in [5.74, 6) is 0. The topological polar surface area (TPSA) is 12.5 Å². The average molecular weight is 171 g/mol. The lowest BCUT2D eigenvalue weighted by molar-refractivity contribution is -0.000184. The summed E-state index contributed by atoms with van der Waals surface area (Å²) in [6.07, 6.45) is 5.74. The van der Waals surface area contributed by atoms with Crippen LogP contribution in [0.4, 0.5) is 0 Å². The minimum absolute atomic E-state index is 0.476. The van der Waals surface area contributed by atoms with E-state index in [4.69, 9.17) is 4.74 Å². The van der Waals surface area contributed by atoms with Crippen molar-refractivity contribution >= 4 is 0 Å². The van der Waals surface area contributed by atoms with Gasteiger partial charge in [0.1, 0.15) is 0 Å². The molecule has 0 spiro atoms. The fourth-order valence-electron chi connectivity index (χ4n) is 2.09. The van der Waals surface area contributed by atoms with Crippen molar-refractivity contribution in [2.24, 2.45) is 0 Å². The fourth-order valence-corrected chi connectivity index (χ4v) is 2.09. The molecule has 72 valence electrons. The number of ether oxygens (including phenoxy) is 1. The van der Waals surface area contributed by atoms with Gasteiger partial charge in [0, 0.05) is 13.2 Å². The molecule has 0 N–H and O–H groups in total. The summed E-state index contributed by atoms with van der Waals surface area (Å²) in [5.41, 5.74) is 0. The third-order valence-electron chi connectivity index (χ3n) is 3.04. The molecule has 1 aliphatic carbocycles. The first kappa shape index (κ1) is 10.0. The van der Waals surface area contributed by atoms with Crippen LogP contribution < -0.4 is 0 Å². The molecule has 0 unspecified atom stereocenters. The van der Waals surface area contributed by atoms with Gasteiger partial charge in [0.2, 0.25) is 0 Å².